The molecule has 1 aromatic carbocycles. The number of hydrogen-bond acceptors (Lipinski definition) is 7. The van der Waals surface area contributed by atoms with Crippen molar-refractivity contribution in [1.82, 2.24) is 25.2 Å². The number of aryl methyl sites for hydroxylation is 2. The van der Waals surface area contributed by atoms with Crippen LogP contribution in [0.2, 0.25) is 0 Å². The molecule has 34 heavy (non-hydrogen) atoms. The van der Waals surface area contributed by atoms with Crippen LogP contribution in [0.1, 0.15) is 55.4 Å². The Bertz CT molecular complexity index is 1090. The molecule has 3 N–H and O–H groups in total. The van der Waals surface area contributed by atoms with E-state index in [0.29, 0.717) is 18.5 Å². The minimum absolute atomic E-state index is 0.237. The van der Waals surface area contributed by atoms with Gasteiger partial charge in [0.05, 0.1) is 5.69 Å². The second-order valence-corrected chi connectivity index (χ2v) is 8.94. The van der Waals surface area contributed by atoms with Crippen LogP contribution in [0.25, 0.3) is 0 Å². The summed E-state index contributed by atoms with van der Waals surface area (Å²) in [4.78, 5) is 15.5. The van der Waals surface area contributed by atoms with Crippen molar-refractivity contribution in [3.8, 4) is 0 Å². The SMILES string of the molecule is CCc1cnc(Nc2ccc(F)cc2)nc1CN[C@H]1CCN(C(O)c2ccnc(C)c2)[C@H](C)C1. The van der Waals surface area contributed by atoms with Gasteiger partial charge in [-0.2, -0.15) is 0 Å². The number of rotatable bonds is 8. The van der Waals surface area contributed by atoms with Crippen LogP contribution in [0.15, 0.2) is 48.8 Å². The van der Waals surface area contributed by atoms with Crippen LogP contribution in [-0.4, -0.2) is 43.6 Å². The van der Waals surface area contributed by atoms with E-state index in [1.165, 1.54) is 12.1 Å². The maximum atomic E-state index is 13.2. The zero-order chi connectivity index (χ0) is 24.1. The average Bonchev–Trinajstić information content (AvgIpc) is 2.84. The smallest absolute Gasteiger partial charge is 0.227 e. The summed E-state index contributed by atoms with van der Waals surface area (Å²) in [6.45, 7) is 7.65. The van der Waals surface area contributed by atoms with E-state index in [1.807, 2.05) is 25.3 Å². The number of benzene rings is 1. The second kappa shape index (κ2) is 11.0. The summed E-state index contributed by atoms with van der Waals surface area (Å²) in [7, 11) is 0. The summed E-state index contributed by atoms with van der Waals surface area (Å²) >= 11 is 0. The van der Waals surface area contributed by atoms with Crippen molar-refractivity contribution >= 4 is 11.6 Å². The second-order valence-electron chi connectivity index (χ2n) is 8.94. The first-order valence-corrected chi connectivity index (χ1v) is 11.9. The molecule has 1 saturated heterocycles. The van der Waals surface area contributed by atoms with Crippen molar-refractivity contribution in [2.24, 2.45) is 0 Å². The fraction of sp³-hybridized carbons (Fsp3) is 0.423. The van der Waals surface area contributed by atoms with Gasteiger partial charge in [-0.1, -0.05) is 6.92 Å². The molecule has 0 amide bonds. The van der Waals surface area contributed by atoms with Crippen LogP contribution >= 0.6 is 0 Å². The lowest BCUT2D eigenvalue weighted by atomic mass is 9.96. The summed E-state index contributed by atoms with van der Waals surface area (Å²) in [6.07, 6.45) is 5.71. The van der Waals surface area contributed by atoms with Gasteiger partial charge in [0, 0.05) is 48.9 Å². The number of hydrogen-bond donors (Lipinski definition) is 3. The van der Waals surface area contributed by atoms with Crippen LogP contribution in [0.5, 0.6) is 0 Å². The van der Waals surface area contributed by atoms with Crippen molar-refractivity contribution < 1.29 is 9.50 Å². The third-order valence-electron chi connectivity index (χ3n) is 6.45. The molecule has 2 aromatic heterocycles. The summed E-state index contributed by atoms with van der Waals surface area (Å²) in [6, 6.07) is 10.6. The van der Waals surface area contributed by atoms with E-state index < -0.39 is 6.23 Å². The molecule has 3 aromatic rings. The number of halogens is 1. The van der Waals surface area contributed by atoms with Crippen molar-refractivity contribution in [3.63, 3.8) is 0 Å². The summed E-state index contributed by atoms with van der Waals surface area (Å²) in [5.74, 6) is 0.223. The Labute approximate surface area is 200 Å². The standard InChI is InChI=1S/C26H33FN6O/c1-4-19-15-30-26(31-22-7-5-21(27)6-8-22)32-24(19)16-29-23-10-12-33(18(3)14-23)25(34)20-9-11-28-17(2)13-20/h5-9,11,13,15,18,23,25,29,34H,4,10,12,14,16H2,1-3H3,(H,30,31,32)/t18-,23+,25?/m1/s1. The maximum absolute atomic E-state index is 13.2. The van der Waals surface area contributed by atoms with E-state index >= 15 is 0 Å². The fourth-order valence-corrected chi connectivity index (χ4v) is 4.51. The highest BCUT2D eigenvalue weighted by Crippen LogP contribution is 2.27. The number of piperidine rings is 1. The Kier molecular flexibility index (Phi) is 7.82. The molecule has 0 spiro atoms. The molecule has 0 saturated carbocycles. The third kappa shape index (κ3) is 5.94. The molecule has 7 nitrogen and oxygen atoms in total. The first-order chi connectivity index (χ1) is 16.4. The molecule has 3 heterocycles. The number of aromatic nitrogens is 3. The van der Waals surface area contributed by atoms with Crippen molar-refractivity contribution in [2.75, 3.05) is 11.9 Å². The lowest BCUT2D eigenvalue weighted by Crippen LogP contribution is -2.48. The minimum atomic E-state index is -0.619. The predicted octanol–water partition coefficient (Wildman–Crippen LogP) is 4.26. The van der Waals surface area contributed by atoms with Crippen LogP contribution in [0.4, 0.5) is 16.0 Å². The highest BCUT2D eigenvalue weighted by atomic mass is 19.1. The van der Waals surface area contributed by atoms with Crippen molar-refractivity contribution in [3.05, 3.63) is 77.1 Å². The third-order valence-corrected chi connectivity index (χ3v) is 6.45. The van der Waals surface area contributed by atoms with Gasteiger partial charge in [-0.15, -0.1) is 0 Å². The van der Waals surface area contributed by atoms with E-state index in [9.17, 15) is 9.50 Å². The number of nitrogens with one attached hydrogen (secondary N) is 2. The minimum Gasteiger partial charge on any atom is -0.374 e. The number of likely N-dealkylation sites (tertiary alicyclic amines) is 1. The van der Waals surface area contributed by atoms with E-state index in [4.69, 9.17) is 4.98 Å². The van der Waals surface area contributed by atoms with Gasteiger partial charge >= 0.3 is 0 Å². The van der Waals surface area contributed by atoms with Gasteiger partial charge < -0.3 is 15.7 Å². The molecule has 8 heteroatoms. The molecule has 1 unspecified atom stereocenters. The highest BCUT2D eigenvalue weighted by Gasteiger charge is 2.30. The summed E-state index contributed by atoms with van der Waals surface area (Å²) in [5.41, 5.74) is 4.61. The van der Waals surface area contributed by atoms with Crippen LogP contribution < -0.4 is 10.6 Å². The molecule has 0 bridgehead atoms. The average molecular weight is 465 g/mol. The largest absolute Gasteiger partial charge is 0.374 e. The summed E-state index contributed by atoms with van der Waals surface area (Å²) < 4.78 is 13.2. The number of pyridine rings is 1. The Morgan fingerprint density at radius 1 is 1.21 bits per heavy atom. The van der Waals surface area contributed by atoms with E-state index in [0.717, 1.165) is 54.0 Å². The van der Waals surface area contributed by atoms with Crippen molar-refractivity contribution in [2.45, 2.75) is 64.9 Å². The van der Waals surface area contributed by atoms with Crippen LogP contribution in [0.3, 0.4) is 0 Å². The van der Waals surface area contributed by atoms with Crippen molar-refractivity contribution in [1.29, 1.82) is 0 Å². The maximum Gasteiger partial charge on any atom is 0.227 e. The molecule has 0 aliphatic carbocycles. The first-order valence-electron chi connectivity index (χ1n) is 11.9. The van der Waals surface area contributed by atoms with Gasteiger partial charge in [0.2, 0.25) is 5.95 Å². The molecule has 0 radical (unpaired) electrons. The Morgan fingerprint density at radius 3 is 2.71 bits per heavy atom. The zero-order valence-electron chi connectivity index (χ0n) is 20.0. The van der Waals surface area contributed by atoms with E-state index in [2.05, 4.69) is 39.3 Å². The molecule has 180 valence electrons. The van der Waals surface area contributed by atoms with Crippen LogP contribution in [-0.2, 0) is 13.0 Å². The Morgan fingerprint density at radius 2 is 2.00 bits per heavy atom. The van der Waals surface area contributed by atoms with Gasteiger partial charge in [-0.3, -0.25) is 9.88 Å². The normalized spacial score (nSPS) is 19.7. The van der Waals surface area contributed by atoms with Gasteiger partial charge in [-0.05, 0) is 80.6 Å². The zero-order valence-corrected chi connectivity index (χ0v) is 20.0. The Hall–Kier alpha value is -2.94. The summed E-state index contributed by atoms with van der Waals surface area (Å²) in [5, 5.41) is 17.7. The molecule has 1 fully saturated rings. The van der Waals surface area contributed by atoms with Gasteiger partial charge in [0.1, 0.15) is 12.0 Å². The number of anilines is 2. The van der Waals surface area contributed by atoms with Crippen LogP contribution in [0, 0.1) is 12.7 Å². The molecule has 4 rings (SSSR count). The van der Waals surface area contributed by atoms with E-state index in [-0.39, 0.29) is 11.9 Å². The van der Waals surface area contributed by atoms with E-state index in [1.54, 1.807) is 18.3 Å². The molecular formula is C26H33FN6O. The monoisotopic (exact) mass is 464 g/mol. The fourth-order valence-electron chi connectivity index (χ4n) is 4.51. The quantitative estimate of drug-likeness (QED) is 0.459. The lowest BCUT2D eigenvalue weighted by molar-refractivity contribution is -0.0437. The Balaban J connectivity index is 1.36. The highest BCUT2D eigenvalue weighted by molar-refractivity contribution is 5.53. The number of aliphatic hydroxyl groups is 1. The molecule has 1 aliphatic rings. The molecule has 1 aliphatic heterocycles. The van der Waals surface area contributed by atoms with Gasteiger partial charge in [0.25, 0.3) is 0 Å². The molecule has 3 atom stereocenters. The number of aliphatic hydroxyl groups excluding tert-OH is 1. The van der Waals surface area contributed by atoms with Gasteiger partial charge in [0.15, 0.2) is 0 Å². The van der Waals surface area contributed by atoms with Gasteiger partial charge in [-0.25, -0.2) is 14.4 Å². The number of nitrogens with zero attached hydrogens (tertiary/aromatic N) is 4. The predicted molar refractivity (Wildman–Crippen MR) is 131 cm³/mol. The topological polar surface area (TPSA) is 86.2 Å². The first kappa shape index (κ1) is 24.2. The molecular weight excluding hydrogens is 431 g/mol. The lowest BCUT2D eigenvalue weighted by Gasteiger charge is -2.40.